The number of hydrogen-bond acceptors (Lipinski definition) is 3. The van der Waals surface area contributed by atoms with Gasteiger partial charge in [0.15, 0.2) is 5.60 Å². The van der Waals surface area contributed by atoms with E-state index >= 15 is 0 Å². The van der Waals surface area contributed by atoms with Gasteiger partial charge in [-0.1, -0.05) is 106 Å². The van der Waals surface area contributed by atoms with Crippen molar-refractivity contribution < 1.29 is 14.2 Å². The molecule has 216 valence electrons. The maximum absolute atomic E-state index is 7.39. The van der Waals surface area contributed by atoms with E-state index in [0.29, 0.717) is 0 Å². The second kappa shape index (κ2) is 10.3. The van der Waals surface area contributed by atoms with Crippen LogP contribution in [-0.2, 0) is 11.0 Å². The molecule has 0 saturated heterocycles. The molecule has 0 aromatic heterocycles. The second-order valence-corrected chi connectivity index (χ2v) is 12.3. The zero-order valence-corrected chi connectivity index (χ0v) is 25.7. The summed E-state index contributed by atoms with van der Waals surface area (Å²) in [5.74, 6) is 2.62. The molecule has 2 aliphatic rings. The van der Waals surface area contributed by atoms with Crippen LogP contribution in [0.1, 0.15) is 67.0 Å². The Balaban J connectivity index is 1.45. The third-order valence-corrected chi connectivity index (χ3v) is 9.26. The van der Waals surface area contributed by atoms with Crippen LogP contribution in [0, 0.1) is 6.92 Å². The van der Waals surface area contributed by atoms with Crippen molar-refractivity contribution in [2.45, 2.75) is 51.6 Å². The molecule has 5 aromatic rings. The van der Waals surface area contributed by atoms with E-state index in [4.69, 9.17) is 14.2 Å². The Bertz CT molecular complexity index is 1860. The monoisotopic (exact) mass is 566 g/mol. The highest BCUT2D eigenvalue weighted by atomic mass is 16.5. The molecule has 0 N–H and O–H groups in total. The van der Waals surface area contributed by atoms with E-state index in [1.54, 1.807) is 7.11 Å². The third-order valence-electron chi connectivity index (χ3n) is 9.26. The van der Waals surface area contributed by atoms with Crippen molar-refractivity contribution in [1.29, 1.82) is 0 Å². The quantitative estimate of drug-likeness (QED) is 0.184. The molecule has 0 spiro atoms. The molecule has 0 bridgehead atoms. The normalized spacial score (nSPS) is 17.6. The van der Waals surface area contributed by atoms with Gasteiger partial charge in [0.2, 0.25) is 0 Å². The summed E-state index contributed by atoms with van der Waals surface area (Å²) >= 11 is 0. The van der Waals surface area contributed by atoms with E-state index in [2.05, 4.69) is 119 Å². The first kappa shape index (κ1) is 27.3. The van der Waals surface area contributed by atoms with Gasteiger partial charge >= 0.3 is 0 Å². The van der Waals surface area contributed by atoms with Gasteiger partial charge in [0, 0.05) is 27.5 Å². The van der Waals surface area contributed by atoms with Gasteiger partial charge in [-0.25, -0.2) is 0 Å². The maximum Gasteiger partial charge on any atom is 0.178 e. The van der Waals surface area contributed by atoms with Crippen molar-refractivity contribution in [1.82, 2.24) is 0 Å². The van der Waals surface area contributed by atoms with Crippen LogP contribution >= 0.6 is 0 Å². The van der Waals surface area contributed by atoms with Gasteiger partial charge in [-0.2, -0.15) is 0 Å². The molecule has 1 heterocycles. The number of hydrogen-bond donors (Lipinski definition) is 0. The van der Waals surface area contributed by atoms with E-state index in [1.165, 1.54) is 33.2 Å². The van der Waals surface area contributed by atoms with Crippen molar-refractivity contribution in [2.75, 3.05) is 13.7 Å². The SMILES string of the molecule is CCCCOc1ccc(C2(c3ccc(OC)cc3)C=Cc3c4c(c5ccccc5c3O2)-c2ccc(C)cc2C4(C)C)cc1. The van der Waals surface area contributed by atoms with Crippen molar-refractivity contribution in [3.05, 3.63) is 130 Å². The highest BCUT2D eigenvalue weighted by molar-refractivity contribution is 6.08. The van der Waals surface area contributed by atoms with Gasteiger partial charge in [0.1, 0.15) is 17.2 Å². The summed E-state index contributed by atoms with van der Waals surface area (Å²) in [4.78, 5) is 0. The number of benzene rings is 5. The average Bonchev–Trinajstić information content (AvgIpc) is 3.27. The van der Waals surface area contributed by atoms with E-state index in [1.807, 2.05) is 12.1 Å². The van der Waals surface area contributed by atoms with Gasteiger partial charge in [0.05, 0.1) is 13.7 Å². The number of ether oxygens (including phenoxy) is 3. The van der Waals surface area contributed by atoms with E-state index in [9.17, 15) is 0 Å². The lowest BCUT2D eigenvalue weighted by molar-refractivity contribution is 0.163. The lowest BCUT2D eigenvalue weighted by atomic mass is 9.76. The highest BCUT2D eigenvalue weighted by Crippen LogP contribution is 2.58. The first-order chi connectivity index (χ1) is 20.9. The van der Waals surface area contributed by atoms with Crippen LogP contribution in [0.5, 0.6) is 17.2 Å². The molecule has 1 aliphatic heterocycles. The fourth-order valence-corrected chi connectivity index (χ4v) is 7.00. The van der Waals surface area contributed by atoms with Gasteiger partial charge in [-0.15, -0.1) is 0 Å². The minimum Gasteiger partial charge on any atom is -0.497 e. The Hall–Kier alpha value is -4.50. The summed E-state index contributed by atoms with van der Waals surface area (Å²) in [6, 6.07) is 32.2. The minimum absolute atomic E-state index is 0.171. The number of methoxy groups -OCH3 is 1. The Morgan fingerprint density at radius 1 is 0.791 bits per heavy atom. The van der Waals surface area contributed by atoms with Crippen LogP contribution in [0.4, 0.5) is 0 Å². The van der Waals surface area contributed by atoms with Crippen molar-refractivity contribution >= 4 is 16.8 Å². The van der Waals surface area contributed by atoms with Crippen LogP contribution in [0.2, 0.25) is 0 Å². The number of fused-ring (bicyclic) bond motifs is 8. The Morgan fingerprint density at radius 2 is 1.47 bits per heavy atom. The molecule has 0 fully saturated rings. The molecule has 0 radical (unpaired) electrons. The number of unbranched alkanes of at least 4 members (excludes halogenated alkanes) is 1. The molecule has 43 heavy (non-hydrogen) atoms. The van der Waals surface area contributed by atoms with Gasteiger partial charge in [-0.05, 0) is 71.3 Å². The van der Waals surface area contributed by atoms with Gasteiger partial charge < -0.3 is 14.2 Å². The fourth-order valence-electron chi connectivity index (χ4n) is 7.00. The minimum atomic E-state index is -0.829. The van der Waals surface area contributed by atoms with Crippen molar-refractivity contribution in [3.8, 4) is 28.4 Å². The summed E-state index contributed by atoms with van der Waals surface area (Å²) in [5.41, 5.74) is 8.89. The molecule has 1 aliphatic carbocycles. The lowest BCUT2D eigenvalue weighted by Crippen LogP contribution is -2.35. The second-order valence-electron chi connectivity index (χ2n) is 12.3. The van der Waals surface area contributed by atoms with Crippen LogP contribution in [0.15, 0.2) is 97.1 Å². The Morgan fingerprint density at radius 3 is 2.14 bits per heavy atom. The molecule has 3 heteroatoms. The molecule has 0 amide bonds. The Labute approximate surface area is 254 Å². The fraction of sp³-hybridized carbons (Fsp3) is 0.250. The van der Waals surface area contributed by atoms with E-state index in [0.717, 1.165) is 58.8 Å². The largest absolute Gasteiger partial charge is 0.497 e. The molecule has 3 nitrogen and oxygen atoms in total. The van der Waals surface area contributed by atoms with Gasteiger partial charge in [-0.3, -0.25) is 0 Å². The first-order valence-electron chi connectivity index (χ1n) is 15.3. The number of rotatable bonds is 7. The summed E-state index contributed by atoms with van der Waals surface area (Å²) in [7, 11) is 1.70. The molecular formula is C40H38O3. The zero-order chi connectivity index (χ0) is 29.8. The van der Waals surface area contributed by atoms with Crippen molar-refractivity contribution in [3.63, 3.8) is 0 Å². The summed E-state index contributed by atoms with van der Waals surface area (Å²) < 4.78 is 18.9. The summed E-state index contributed by atoms with van der Waals surface area (Å²) in [6.45, 7) is 9.78. The average molecular weight is 567 g/mol. The topological polar surface area (TPSA) is 27.7 Å². The van der Waals surface area contributed by atoms with Gasteiger partial charge in [0.25, 0.3) is 0 Å². The third kappa shape index (κ3) is 4.25. The van der Waals surface area contributed by atoms with E-state index < -0.39 is 5.60 Å². The van der Waals surface area contributed by atoms with Crippen molar-refractivity contribution in [2.24, 2.45) is 0 Å². The molecule has 5 aromatic carbocycles. The molecular weight excluding hydrogens is 528 g/mol. The lowest BCUT2D eigenvalue weighted by Gasteiger charge is -2.38. The van der Waals surface area contributed by atoms with E-state index in [-0.39, 0.29) is 5.41 Å². The van der Waals surface area contributed by atoms with Crippen LogP contribution in [-0.4, -0.2) is 13.7 Å². The smallest absolute Gasteiger partial charge is 0.178 e. The molecule has 1 atom stereocenters. The van der Waals surface area contributed by atoms with Crippen LogP contribution in [0.25, 0.3) is 28.0 Å². The molecule has 0 saturated carbocycles. The summed E-state index contributed by atoms with van der Waals surface area (Å²) in [5, 5.41) is 2.35. The van der Waals surface area contributed by atoms with Crippen LogP contribution < -0.4 is 14.2 Å². The standard InChI is InChI=1S/C40H38O3/c1-6-7-24-42-30-19-15-28(16-20-30)40(27-13-17-29(41-5)18-14-27)23-22-34-37-36(31-10-8-9-11-32(31)38(34)43-40)33-21-12-26(2)25-35(33)39(37,3)4/h8-23,25H,6-7,24H2,1-5H3. The zero-order valence-electron chi connectivity index (χ0n) is 25.7. The predicted molar refractivity (Wildman–Crippen MR) is 177 cm³/mol. The number of aryl methyl sites for hydroxylation is 1. The molecule has 1 unspecified atom stereocenters. The first-order valence-corrected chi connectivity index (χ1v) is 15.3. The predicted octanol–water partition coefficient (Wildman–Crippen LogP) is 9.99. The maximum atomic E-state index is 7.39. The molecule has 7 rings (SSSR count). The summed E-state index contributed by atoms with van der Waals surface area (Å²) in [6.07, 6.45) is 6.69. The Kier molecular flexibility index (Phi) is 6.58. The van der Waals surface area contributed by atoms with Crippen LogP contribution in [0.3, 0.4) is 0 Å². The highest BCUT2D eigenvalue weighted by Gasteiger charge is 2.44.